The number of hydrogen-bond donors (Lipinski definition) is 0. The second kappa shape index (κ2) is 5.69. The largest absolute Gasteiger partial charge is 0.399 e. The number of rotatable bonds is 4. The molecule has 0 aliphatic rings. The quantitative estimate of drug-likeness (QED) is 0.628. The molecule has 0 N–H and O–H groups in total. The molecular formula is C13H14ClN3O. The van der Waals surface area contributed by atoms with Gasteiger partial charge in [0.2, 0.25) is 0 Å². The second-order valence-corrected chi connectivity index (χ2v) is 4.32. The monoisotopic (exact) mass is 263 g/mol. The normalized spacial score (nSPS) is 11.6. The average Bonchev–Trinajstić information content (AvgIpc) is 2.78. The first-order valence-corrected chi connectivity index (χ1v) is 5.92. The van der Waals surface area contributed by atoms with Crippen molar-refractivity contribution in [1.29, 1.82) is 0 Å². The van der Waals surface area contributed by atoms with Crippen LogP contribution in [0.5, 0.6) is 0 Å². The molecule has 0 aliphatic carbocycles. The molecule has 0 fully saturated rings. The summed E-state index contributed by atoms with van der Waals surface area (Å²) in [6, 6.07) is 7.70. The van der Waals surface area contributed by atoms with Crippen LogP contribution in [0.25, 0.3) is 11.1 Å². The van der Waals surface area contributed by atoms with Gasteiger partial charge in [-0.05, 0) is 13.0 Å². The Balaban J connectivity index is 2.21. The van der Waals surface area contributed by atoms with Gasteiger partial charge in [-0.25, -0.2) is 0 Å². The minimum Gasteiger partial charge on any atom is -0.399 e. The number of nitrogens with zero attached hydrogens (tertiary/aromatic N) is 3. The van der Waals surface area contributed by atoms with Crippen LogP contribution < -0.4 is 0 Å². The van der Waals surface area contributed by atoms with Gasteiger partial charge >= 0.3 is 0 Å². The number of benzene rings is 1. The van der Waals surface area contributed by atoms with Gasteiger partial charge in [0.1, 0.15) is 7.11 Å². The Morgan fingerprint density at radius 2 is 2.22 bits per heavy atom. The molecule has 2 aromatic rings. The van der Waals surface area contributed by atoms with E-state index in [1.54, 1.807) is 10.9 Å². The van der Waals surface area contributed by atoms with Crippen LogP contribution in [0.15, 0.2) is 41.8 Å². The molecule has 4 nitrogen and oxygen atoms in total. The molecule has 1 aromatic carbocycles. The van der Waals surface area contributed by atoms with E-state index in [1.165, 1.54) is 7.11 Å². The summed E-state index contributed by atoms with van der Waals surface area (Å²) >= 11 is 6.14. The predicted octanol–water partition coefficient (Wildman–Crippen LogP) is 3.23. The summed E-state index contributed by atoms with van der Waals surface area (Å²) in [5, 5.41) is 8.85. The van der Waals surface area contributed by atoms with Gasteiger partial charge in [-0.1, -0.05) is 35.0 Å². The van der Waals surface area contributed by atoms with Crippen LogP contribution in [0.3, 0.4) is 0 Å². The van der Waals surface area contributed by atoms with Gasteiger partial charge in [0.25, 0.3) is 0 Å². The Morgan fingerprint density at radius 1 is 1.44 bits per heavy atom. The lowest BCUT2D eigenvalue weighted by Crippen LogP contribution is -2.07. The van der Waals surface area contributed by atoms with Crippen molar-refractivity contribution in [2.45, 2.75) is 13.5 Å². The molecule has 94 valence electrons. The third-order valence-corrected chi connectivity index (χ3v) is 2.79. The lowest BCUT2D eigenvalue weighted by molar-refractivity contribution is 0.212. The van der Waals surface area contributed by atoms with Gasteiger partial charge < -0.3 is 4.84 Å². The van der Waals surface area contributed by atoms with E-state index in [4.69, 9.17) is 16.4 Å². The predicted molar refractivity (Wildman–Crippen MR) is 72.8 cm³/mol. The fourth-order valence-electron chi connectivity index (χ4n) is 1.70. The van der Waals surface area contributed by atoms with Gasteiger partial charge in [0.15, 0.2) is 0 Å². The SMILES string of the molecule is CON=C(C)Cn1cc(-c2ccccc2Cl)cn1. The van der Waals surface area contributed by atoms with Crippen molar-refractivity contribution in [3.63, 3.8) is 0 Å². The summed E-state index contributed by atoms with van der Waals surface area (Å²) in [7, 11) is 1.53. The van der Waals surface area contributed by atoms with Crippen LogP contribution in [-0.2, 0) is 11.4 Å². The van der Waals surface area contributed by atoms with Crippen molar-refractivity contribution >= 4 is 17.3 Å². The van der Waals surface area contributed by atoms with Gasteiger partial charge in [-0.3, -0.25) is 4.68 Å². The zero-order chi connectivity index (χ0) is 13.0. The van der Waals surface area contributed by atoms with Gasteiger partial charge in [-0.15, -0.1) is 0 Å². The van der Waals surface area contributed by atoms with Crippen LogP contribution in [0.2, 0.25) is 5.02 Å². The van der Waals surface area contributed by atoms with E-state index in [2.05, 4.69) is 10.3 Å². The topological polar surface area (TPSA) is 39.4 Å². The van der Waals surface area contributed by atoms with Crippen molar-refractivity contribution in [2.24, 2.45) is 5.16 Å². The first kappa shape index (κ1) is 12.6. The average molecular weight is 264 g/mol. The molecule has 0 saturated heterocycles. The van der Waals surface area contributed by atoms with Crippen LogP contribution in [-0.4, -0.2) is 22.6 Å². The molecule has 0 aliphatic heterocycles. The van der Waals surface area contributed by atoms with Crippen LogP contribution in [0.4, 0.5) is 0 Å². The Morgan fingerprint density at radius 3 is 2.94 bits per heavy atom. The minimum absolute atomic E-state index is 0.596. The van der Waals surface area contributed by atoms with Crippen molar-refractivity contribution in [3.05, 3.63) is 41.7 Å². The van der Waals surface area contributed by atoms with Crippen molar-refractivity contribution < 1.29 is 4.84 Å². The van der Waals surface area contributed by atoms with Gasteiger partial charge in [-0.2, -0.15) is 5.10 Å². The highest BCUT2D eigenvalue weighted by molar-refractivity contribution is 6.33. The zero-order valence-corrected chi connectivity index (χ0v) is 11.1. The molecule has 5 heteroatoms. The Kier molecular flexibility index (Phi) is 3.99. The van der Waals surface area contributed by atoms with E-state index in [0.717, 1.165) is 21.9 Å². The highest BCUT2D eigenvalue weighted by atomic mass is 35.5. The molecule has 0 saturated carbocycles. The molecule has 0 unspecified atom stereocenters. The van der Waals surface area contributed by atoms with E-state index in [-0.39, 0.29) is 0 Å². The second-order valence-electron chi connectivity index (χ2n) is 3.92. The maximum Gasteiger partial charge on any atom is 0.106 e. The summed E-state index contributed by atoms with van der Waals surface area (Å²) in [5.74, 6) is 0. The van der Waals surface area contributed by atoms with E-state index < -0.39 is 0 Å². The molecule has 0 amide bonds. The van der Waals surface area contributed by atoms with E-state index in [0.29, 0.717) is 6.54 Å². The zero-order valence-electron chi connectivity index (χ0n) is 10.3. The lowest BCUT2D eigenvalue weighted by Gasteiger charge is -2.01. The Bertz CT molecular complexity index is 563. The van der Waals surface area contributed by atoms with Crippen molar-refractivity contribution in [3.8, 4) is 11.1 Å². The van der Waals surface area contributed by atoms with E-state index in [9.17, 15) is 0 Å². The van der Waals surface area contributed by atoms with Crippen LogP contribution in [0.1, 0.15) is 6.92 Å². The molecule has 2 rings (SSSR count). The van der Waals surface area contributed by atoms with Crippen molar-refractivity contribution in [1.82, 2.24) is 9.78 Å². The number of halogens is 1. The van der Waals surface area contributed by atoms with Gasteiger partial charge in [0, 0.05) is 22.3 Å². The third kappa shape index (κ3) is 2.90. The van der Waals surface area contributed by atoms with E-state index >= 15 is 0 Å². The number of hydrogen-bond acceptors (Lipinski definition) is 3. The smallest absolute Gasteiger partial charge is 0.106 e. The molecule has 0 atom stereocenters. The Labute approximate surface area is 111 Å². The standard InChI is InChI=1S/C13H14ClN3O/c1-10(16-18-2)8-17-9-11(7-15-17)12-5-3-4-6-13(12)14/h3-7,9H,8H2,1-2H3. The summed E-state index contributed by atoms with van der Waals surface area (Å²) in [6.07, 6.45) is 3.73. The third-order valence-electron chi connectivity index (χ3n) is 2.46. The molecule has 1 aromatic heterocycles. The number of aromatic nitrogens is 2. The van der Waals surface area contributed by atoms with Crippen LogP contribution in [0, 0.1) is 0 Å². The number of oxime groups is 1. The summed E-state index contributed by atoms with van der Waals surface area (Å²) in [6.45, 7) is 2.48. The molecule has 0 radical (unpaired) electrons. The maximum atomic E-state index is 6.14. The Hall–Kier alpha value is -1.81. The van der Waals surface area contributed by atoms with Crippen molar-refractivity contribution in [2.75, 3.05) is 7.11 Å². The van der Waals surface area contributed by atoms with Crippen LogP contribution >= 0.6 is 11.6 Å². The molecular weight excluding hydrogens is 250 g/mol. The summed E-state index contributed by atoms with van der Waals surface area (Å²) < 4.78 is 1.80. The lowest BCUT2D eigenvalue weighted by atomic mass is 10.1. The molecule has 1 heterocycles. The molecule has 0 bridgehead atoms. The molecule has 18 heavy (non-hydrogen) atoms. The van der Waals surface area contributed by atoms with Gasteiger partial charge in [0.05, 0.1) is 18.5 Å². The first-order chi connectivity index (χ1) is 8.70. The fraction of sp³-hybridized carbons (Fsp3) is 0.231. The summed E-state index contributed by atoms with van der Waals surface area (Å²) in [5.41, 5.74) is 2.82. The summed E-state index contributed by atoms with van der Waals surface area (Å²) in [4.78, 5) is 4.71. The molecule has 0 spiro atoms. The maximum absolute atomic E-state index is 6.14. The fourth-order valence-corrected chi connectivity index (χ4v) is 1.95. The van der Waals surface area contributed by atoms with E-state index in [1.807, 2.05) is 37.4 Å². The minimum atomic E-state index is 0.596. The highest BCUT2D eigenvalue weighted by Crippen LogP contribution is 2.26. The first-order valence-electron chi connectivity index (χ1n) is 5.54. The highest BCUT2D eigenvalue weighted by Gasteiger charge is 2.06.